The van der Waals surface area contributed by atoms with Crippen LogP contribution in [0.15, 0.2) is 77.5 Å². The summed E-state index contributed by atoms with van der Waals surface area (Å²) in [6.45, 7) is 2.72. The average molecular weight is 515 g/mol. The molecule has 0 spiro atoms. The Labute approximate surface area is 219 Å². The van der Waals surface area contributed by atoms with Crippen LogP contribution in [0.3, 0.4) is 0 Å². The van der Waals surface area contributed by atoms with Crippen molar-refractivity contribution in [1.82, 2.24) is 20.2 Å². The molecular weight excluding hydrogens is 487 g/mol. The van der Waals surface area contributed by atoms with Gasteiger partial charge in [-0.1, -0.05) is 31.2 Å². The predicted octanol–water partition coefficient (Wildman–Crippen LogP) is 4.60. The third-order valence-corrected chi connectivity index (χ3v) is 6.46. The fourth-order valence-corrected chi connectivity index (χ4v) is 4.55. The smallest absolute Gasteiger partial charge is 0.273 e. The van der Waals surface area contributed by atoms with Crippen LogP contribution in [-0.2, 0) is 24.4 Å². The minimum Gasteiger partial charge on any atom is -0.484 e. The molecular formula is C29H27FN4O4. The molecule has 0 saturated heterocycles. The maximum atomic E-state index is 13.6. The first-order valence-electron chi connectivity index (χ1n) is 12.4. The number of hydrogen-bond acceptors (Lipinski definition) is 6. The number of ether oxygens (including phenoxy) is 1. The number of pyridine rings is 1. The molecule has 1 atom stereocenters. The molecule has 0 bridgehead atoms. The SMILES string of the molecule is CCC(=O)N1CCc2ccc(OCc3nc(C(=O)NCc4ccccn4)co3)cc2[C@@H]1c1ccc(F)cc1. The Kier molecular flexibility index (Phi) is 7.44. The molecule has 1 aliphatic heterocycles. The molecule has 0 fully saturated rings. The first kappa shape index (κ1) is 25.1. The number of nitrogens with one attached hydrogen (secondary N) is 1. The Bertz CT molecular complexity index is 1420. The minimum absolute atomic E-state index is 0.0190. The van der Waals surface area contributed by atoms with Crippen molar-refractivity contribution < 1.29 is 23.1 Å². The van der Waals surface area contributed by atoms with Crippen molar-refractivity contribution in [3.05, 3.63) is 113 Å². The highest BCUT2D eigenvalue weighted by molar-refractivity contribution is 5.91. The maximum Gasteiger partial charge on any atom is 0.273 e. The lowest BCUT2D eigenvalue weighted by Gasteiger charge is -2.38. The lowest BCUT2D eigenvalue weighted by atomic mass is 9.87. The largest absolute Gasteiger partial charge is 0.484 e. The van der Waals surface area contributed by atoms with E-state index in [4.69, 9.17) is 9.15 Å². The standard InChI is InChI=1S/C29H27FN4O4/c1-2-27(35)34-14-12-19-8-11-23(15-24(19)28(34)20-6-9-21(30)10-7-20)37-18-26-33-25(17-38-26)29(36)32-16-22-5-3-4-13-31-22/h3-11,13,15,17,28H,2,12,14,16,18H2,1H3,(H,32,36)/t28-/m0/s1. The molecule has 1 N–H and O–H groups in total. The van der Waals surface area contributed by atoms with Crippen molar-refractivity contribution >= 4 is 11.8 Å². The quantitative estimate of drug-likeness (QED) is 0.369. The Morgan fingerprint density at radius 3 is 2.76 bits per heavy atom. The number of hydrogen-bond donors (Lipinski definition) is 1. The summed E-state index contributed by atoms with van der Waals surface area (Å²) in [4.78, 5) is 35.4. The number of halogens is 1. The van der Waals surface area contributed by atoms with Gasteiger partial charge in [-0.3, -0.25) is 14.6 Å². The van der Waals surface area contributed by atoms with Gasteiger partial charge in [-0.2, -0.15) is 0 Å². The van der Waals surface area contributed by atoms with E-state index in [9.17, 15) is 14.0 Å². The average Bonchev–Trinajstić information content (AvgIpc) is 3.44. The number of carbonyl (C=O) groups excluding carboxylic acids is 2. The second-order valence-electron chi connectivity index (χ2n) is 8.92. The minimum atomic E-state index is -0.373. The van der Waals surface area contributed by atoms with Gasteiger partial charge in [0.2, 0.25) is 11.8 Å². The van der Waals surface area contributed by atoms with Crippen molar-refractivity contribution in [2.75, 3.05) is 6.54 Å². The van der Waals surface area contributed by atoms with Crippen molar-refractivity contribution in [3.63, 3.8) is 0 Å². The Morgan fingerprint density at radius 2 is 2.00 bits per heavy atom. The van der Waals surface area contributed by atoms with Crippen LogP contribution in [0.1, 0.15) is 58.1 Å². The van der Waals surface area contributed by atoms with Crippen molar-refractivity contribution in [1.29, 1.82) is 0 Å². The molecule has 194 valence electrons. The summed E-state index contributed by atoms with van der Waals surface area (Å²) >= 11 is 0. The van der Waals surface area contributed by atoms with Crippen LogP contribution in [0, 0.1) is 5.82 Å². The number of benzene rings is 2. The lowest BCUT2D eigenvalue weighted by molar-refractivity contribution is -0.132. The zero-order valence-corrected chi connectivity index (χ0v) is 20.9. The van der Waals surface area contributed by atoms with Crippen molar-refractivity contribution in [2.24, 2.45) is 0 Å². The molecule has 9 heteroatoms. The molecule has 8 nitrogen and oxygen atoms in total. The highest BCUT2D eigenvalue weighted by Crippen LogP contribution is 2.37. The monoisotopic (exact) mass is 514 g/mol. The van der Waals surface area contributed by atoms with Crippen LogP contribution >= 0.6 is 0 Å². The van der Waals surface area contributed by atoms with E-state index in [0.717, 1.165) is 28.8 Å². The van der Waals surface area contributed by atoms with E-state index in [1.165, 1.54) is 18.4 Å². The van der Waals surface area contributed by atoms with Gasteiger partial charge >= 0.3 is 0 Å². The van der Waals surface area contributed by atoms with Crippen LogP contribution in [0.2, 0.25) is 0 Å². The van der Waals surface area contributed by atoms with Crippen LogP contribution in [0.25, 0.3) is 0 Å². The van der Waals surface area contributed by atoms with E-state index in [1.54, 1.807) is 18.3 Å². The van der Waals surface area contributed by atoms with Gasteiger partial charge < -0.3 is 19.4 Å². The summed E-state index contributed by atoms with van der Waals surface area (Å²) in [5.41, 5.74) is 3.76. The highest BCUT2D eigenvalue weighted by atomic mass is 19.1. The highest BCUT2D eigenvalue weighted by Gasteiger charge is 2.31. The molecule has 0 aliphatic carbocycles. The van der Waals surface area contributed by atoms with Crippen LogP contribution < -0.4 is 10.1 Å². The number of fused-ring (bicyclic) bond motifs is 1. The van der Waals surface area contributed by atoms with Crippen molar-refractivity contribution in [3.8, 4) is 5.75 Å². The molecule has 5 rings (SSSR count). The van der Waals surface area contributed by atoms with Crippen molar-refractivity contribution in [2.45, 2.75) is 39.0 Å². The number of rotatable bonds is 8. The van der Waals surface area contributed by atoms with Gasteiger partial charge in [0, 0.05) is 19.2 Å². The first-order valence-corrected chi connectivity index (χ1v) is 12.4. The van der Waals surface area contributed by atoms with E-state index in [-0.39, 0.29) is 48.4 Å². The molecule has 1 aliphatic rings. The van der Waals surface area contributed by atoms with Crippen LogP contribution in [0.5, 0.6) is 5.75 Å². The lowest BCUT2D eigenvalue weighted by Crippen LogP contribution is -2.40. The molecule has 0 radical (unpaired) electrons. The van der Waals surface area contributed by atoms with Gasteiger partial charge in [0.05, 0.1) is 18.3 Å². The van der Waals surface area contributed by atoms with Gasteiger partial charge in [-0.25, -0.2) is 9.37 Å². The zero-order valence-electron chi connectivity index (χ0n) is 20.9. The third kappa shape index (κ3) is 5.56. The van der Waals surface area contributed by atoms with E-state index < -0.39 is 0 Å². The number of oxazole rings is 1. The first-order chi connectivity index (χ1) is 18.5. The van der Waals surface area contributed by atoms with Gasteiger partial charge in [-0.05, 0) is 59.5 Å². The second-order valence-corrected chi connectivity index (χ2v) is 8.92. The Morgan fingerprint density at radius 1 is 1.16 bits per heavy atom. The summed E-state index contributed by atoms with van der Waals surface area (Å²) < 4.78 is 25.0. The number of amides is 2. The van der Waals surface area contributed by atoms with Crippen LogP contribution in [-0.4, -0.2) is 33.2 Å². The van der Waals surface area contributed by atoms with E-state index in [1.807, 2.05) is 48.2 Å². The van der Waals surface area contributed by atoms with Crippen LogP contribution in [0.4, 0.5) is 4.39 Å². The Hall–Kier alpha value is -4.53. The summed E-state index contributed by atoms with van der Waals surface area (Å²) in [5, 5.41) is 2.76. The molecule has 0 saturated carbocycles. The molecule has 38 heavy (non-hydrogen) atoms. The van der Waals surface area contributed by atoms with Gasteiger partial charge in [0.15, 0.2) is 12.3 Å². The predicted molar refractivity (Wildman–Crippen MR) is 137 cm³/mol. The summed E-state index contributed by atoms with van der Waals surface area (Å²) in [7, 11) is 0. The van der Waals surface area contributed by atoms with Gasteiger partial charge in [0.25, 0.3) is 5.91 Å². The molecule has 2 amide bonds. The Balaban J connectivity index is 1.29. The molecule has 2 aromatic heterocycles. The zero-order chi connectivity index (χ0) is 26.5. The molecule has 4 aromatic rings. The fraction of sp³-hybridized carbons (Fsp3) is 0.241. The summed E-state index contributed by atoms with van der Waals surface area (Å²) in [6, 6.07) is 17.1. The van der Waals surface area contributed by atoms with E-state index in [0.29, 0.717) is 18.7 Å². The topological polar surface area (TPSA) is 97.6 Å². The molecule has 0 unspecified atom stereocenters. The third-order valence-electron chi connectivity index (χ3n) is 6.46. The van der Waals surface area contributed by atoms with Gasteiger partial charge in [0.1, 0.15) is 17.8 Å². The number of nitrogens with zero attached hydrogens (tertiary/aromatic N) is 3. The fourth-order valence-electron chi connectivity index (χ4n) is 4.55. The van der Waals surface area contributed by atoms with E-state index in [2.05, 4.69) is 15.3 Å². The second kappa shape index (κ2) is 11.2. The molecule has 2 aromatic carbocycles. The van der Waals surface area contributed by atoms with E-state index >= 15 is 0 Å². The molecule has 3 heterocycles. The maximum absolute atomic E-state index is 13.6. The number of carbonyl (C=O) groups is 2. The summed E-state index contributed by atoms with van der Waals surface area (Å²) in [6.07, 6.45) is 4.05. The van der Waals surface area contributed by atoms with Gasteiger partial charge in [-0.15, -0.1) is 0 Å². The summed E-state index contributed by atoms with van der Waals surface area (Å²) in [5.74, 6) is 0.155. The number of aromatic nitrogens is 2. The normalized spacial score (nSPS) is 14.6.